The second kappa shape index (κ2) is 9.13. The first-order chi connectivity index (χ1) is 14.7. The molecule has 0 spiro atoms. The number of rotatable bonds is 8. The van der Waals surface area contributed by atoms with Gasteiger partial charge < -0.3 is 14.6 Å². The van der Waals surface area contributed by atoms with Crippen LogP contribution in [0.5, 0.6) is 5.75 Å². The molecule has 1 aromatic heterocycles. The molecule has 164 valence electrons. The summed E-state index contributed by atoms with van der Waals surface area (Å²) in [6.45, 7) is 1.29. The van der Waals surface area contributed by atoms with E-state index in [1.54, 1.807) is 31.4 Å². The molecule has 9 nitrogen and oxygen atoms in total. The van der Waals surface area contributed by atoms with E-state index in [0.29, 0.717) is 17.1 Å². The van der Waals surface area contributed by atoms with E-state index in [1.807, 2.05) is 0 Å². The number of ether oxygens (including phenoxy) is 1. The fourth-order valence-corrected chi connectivity index (χ4v) is 4.11. The summed E-state index contributed by atoms with van der Waals surface area (Å²) in [5.41, 5.74) is 0.714. The molecule has 0 aliphatic rings. The van der Waals surface area contributed by atoms with E-state index in [9.17, 15) is 17.6 Å². The molecule has 1 heterocycles. The van der Waals surface area contributed by atoms with E-state index in [2.05, 4.69) is 15.5 Å². The molecule has 3 rings (SSSR count). The molecule has 0 radical (unpaired) electrons. The molecular formula is C20H21FN4O5S. The van der Waals surface area contributed by atoms with Crippen molar-refractivity contribution in [3.8, 4) is 17.1 Å². The smallest absolute Gasteiger partial charge is 0.246 e. The number of benzene rings is 2. The normalized spacial score (nSPS) is 12.3. The number of sulfonamides is 1. The summed E-state index contributed by atoms with van der Waals surface area (Å²) < 4.78 is 49.2. The molecule has 0 fully saturated rings. The summed E-state index contributed by atoms with van der Waals surface area (Å²) >= 11 is 0. The lowest BCUT2D eigenvalue weighted by Crippen LogP contribution is -2.47. The number of nitrogens with zero attached hydrogens (tertiary/aromatic N) is 3. The van der Waals surface area contributed by atoms with Gasteiger partial charge in [0.15, 0.2) is 0 Å². The number of amides is 1. The van der Waals surface area contributed by atoms with Crippen LogP contribution in [0.3, 0.4) is 0 Å². The lowest BCUT2D eigenvalue weighted by atomic mass is 10.2. The number of carbonyl (C=O) groups excluding carboxylic acids is 1. The molecule has 0 aliphatic carbocycles. The maximum atomic E-state index is 13.6. The standard InChI is InChI=1S/C20H21FN4O5S/c1-13(25(31(3,27)28)16-8-5-7-15(21)11-16)20(26)22-12-18-23-19(24-30-18)14-6-4-9-17(10-14)29-2/h4-11,13H,12H2,1-3H3,(H,22,26)/t13-/m1/s1. The Morgan fingerprint density at radius 1 is 1.26 bits per heavy atom. The third-order valence-electron chi connectivity index (χ3n) is 4.36. The third-order valence-corrected chi connectivity index (χ3v) is 5.60. The average molecular weight is 448 g/mol. The van der Waals surface area contributed by atoms with Crippen LogP contribution in [0.2, 0.25) is 0 Å². The molecule has 1 atom stereocenters. The summed E-state index contributed by atoms with van der Waals surface area (Å²) in [4.78, 5) is 16.8. The summed E-state index contributed by atoms with van der Waals surface area (Å²) in [6, 6.07) is 10.9. The zero-order chi connectivity index (χ0) is 22.6. The molecule has 11 heteroatoms. The molecule has 0 saturated heterocycles. The highest BCUT2D eigenvalue weighted by Crippen LogP contribution is 2.23. The van der Waals surface area contributed by atoms with Crippen molar-refractivity contribution in [3.63, 3.8) is 0 Å². The largest absolute Gasteiger partial charge is 0.497 e. The van der Waals surface area contributed by atoms with Gasteiger partial charge >= 0.3 is 0 Å². The van der Waals surface area contributed by atoms with Crippen molar-refractivity contribution in [3.05, 3.63) is 60.2 Å². The third kappa shape index (κ3) is 5.37. The molecule has 0 bridgehead atoms. The minimum atomic E-state index is -3.86. The Balaban J connectivity index is 1.71. The predicted molar refractivity (Wildman–Crippen MR) is 111 cm³/mol. The van der Waals surface area contributed by atoms with Crippen LogP contribution in [-0.4, -0.2) is 43.9 Å². The van der Waals surface area contributed by atoms with E-state index in [1.165, 1.54) is 25.1 Å². The Hall–Kier alpha value is -3.47. The van der Waals surface area contributed by atoms with Gasteiger partial charge in [-0.05, 0) is 37.3 Å². The van der Waals surface area contributed by atoms with Gasteiger partial charge in [-0.25, -0.2) is 12.8 Å². The van der Waals surface area contributed by atoms with E-state index < -0.39 is 27.8 Å². The minimum Gasteiger partial charge on any atom is -0.497 e. The fourth-order valence-electron chi connectivity index (χ4n) is 2.94. The van der Waals surface area contributed by atoms with Gasteiger partial charge in [-0.2, -0.15) is 4.98 Å². The number of halogens is 1. The number of carbonyl (C=O) groups is 1. The van der Waals surface area contributed by atoms with Crippen molar-refractivity contribution in [1.82, 2.24) is 15.5 Å². The zero-order valence-electron chi connectivity index (χ0n) is 17.1. The first kappa shape index (κ1) is 22.2. The predicted octanol–water partition coefficient (Wildman–Crippen LogP) is 2.36. The summed E-state index contributed by atoms with van der Waals surface area (Å²) in [5, 5.41) is 6.44. The monoisotopic (exact) mass is 448 g/mol. The quantitative estimate of drug-likeness (QED) is 0.563. The van der Waals surface area contributed by atoms with Gasteiger partial charge in [-0.15, -0.1) is 0 Å². The number of nitrogens with one attached hydrogen (secondary N) is 1. The van der Waals surface area contributed by atoms with Crippen LogP contribution in [-0.2, 0) is 21.4 Å². The Morgan fingerprint density at radius 3 is 2.68 bits per heavy atom. The van der Waals surface area contributed by atoms with Gasteiger partial charge in [0.2, 0.25) is 27.6 Å². The highest BCUT2D eigenvalue weighted by molar-refractivity contribution is 7.92. The van der Waals surface area contributed by atoms with Crippen LogP contribution in [0.15, 0.2) is 53.1 Å². The first-order valence-electron chi connectivity index (χ1n) is 9.18. The van der Waals surface area contributed by atoms with Gasteiger partial charge in [0.05, 0.1) is 25.6 Å². The summed E-state index contributed by atoms with van der Waals surface area (Å²) in [5.74, 6) is -0.154. The number of anilines is 1. The van der Waals surface area contributed by atoms with Gasteiger partial charge in [-0.1, -0.05) is 23.4 Å². The lowest BCUT2D eigenvalue weighted by molar-refractivity contribution is -0.122. The van der Waals surface area contributed by atoms with Crippen molar-refractivity contribution in [1.29, 1.82) is 0 Å². The highest BCUT2D eigenvalue weighted by atomic mass is 32.2. The maximum Gasteiger partial charge on any atom is 0.246 e. The van der Waals surface area contributed by atoms with Crippen molar-refractivity contribution in [2.45, 2.75) is 19.5 Å². The van der Waals surface area contributed by atoms with Crippen LogP contribution in [0.1, 0.15) is 12.8 Å². The van der Waals surface area contributed by atoms with Gasteiger partial charge in [0, 0.05) is 5.56 Å². The molecule has 1 amide bonds. The van der Waals surface area contributed by atoms with Crippen molar-refractivity contribution >= 4 is 21.6 Å². The van der Waals surface area contributed by atoms with E-state index >= 15 is 0 Å². The molecule has 0 saturated carbocycles. The zero-order valence-corrected chi connectivity index (χ0v) is 17.9. The fraction of sp³-hybridized carbons (Fsp3) is 0.250. The van der Waals surface area contributed by atoms with Crippen LogP contribution >= 0.6 is 0 Å². The van der Waals surface area contributed by atoms with Crippen molar-refractivity contribution in [2.75, 3.05) is 17.7 Å². The Labute approximate surface area is 178 Å². The van der Waals surface area contributed by atoms with E-state index in [0.717, 1.165) is 16.6 Å². The SMILES string of the molecule is COc1cccc(-c2noc(CNC(=O)[C@@H](C)N(c3cccc(F)c3)S(C)(=O)=O)n2)c1. The lowest BCUT2D eigenvalue weighted by Gasteiger charge is -2.28. The molecule has 1 N–H and O–H groups in total. The minimum absolute atomic E-state index is 0.0447. The Bertz CT molecular complexity index is 1180. The molecule has 3 aromatic rings. The second-order valence-corrected chi connectivity index (χ2v) is 8.54. The number of aromatic nitrogens is 2. The van der Waals surface area contributed by atoms with Crippen LogP contribution in [0.25, 0.3) is 11.4 Å². The van der Waals surface area contributed by atoms with Gasteiger partial charge in [-0.3, -0.25) is 9.10 Å². The van der Waals surface area contributed by atoms with Crippen LogP contribution in [0.4, 0.5) is 10.1 Å². The van der Waals surface area contributed by atoms with Crippen LogP contribution in [0, 0.1) is 5.82 Å². The molecular weight excluding hydrogens is 427 g/mol. The molecule has 0 unspecified atom stereocenters. The van der Waals surface area contributed by atoms with Gasteiger partial charge in [0.25, 0.3) is 0 Å². The van der Waals surface area contributed by atoms with E-state index in [-0.39, 0.29) is 18.1 Å². The van der Waals surface area contributed by atoms with Crippen molar-refractivity contribution in [2.24, 2.45) is 0 Å². The number of methoxy groups -OCH3 is 1. The van der Waals surface area contributed by atoms with E-state index in [4.69, 9.17) is 9.26 Å². The topological polar surface area (TPSA) is 115 Å². The van der Waals surface area contributed by atoms with Gasteiger partial charge in [0.1, 0.15) is 17.6 Å². The number of hydrogen-bond acceptors (Lipinski definition) is 7. The second-order valence-electron chi connectivity index (χ2n) is 6.68. The first-order valence-corrected chi connectivity index (χ1v) is 11.0. The molecule has 0 aliphatic heterocycles. The van der Waals surface area contributed by atoms with Crippen LogP contribution < -0.4 is 14.4 Å². The Kier molecular flexibility index (Phi) is 6.54. The highest BCUT2D eigenvalue weighted by Gasteiger charge is 2.29. The molecule has 31 heavy (non-hydrogen) atoms. The average Bonchev–Trinajstić information content (AvgIpc) is 3.20. The Morgan fingerprint density at radius 2 is 2.00 bits per heavy atom. The number of hydrogen-bond donors (Lipinski definition) is 1. The maximum absolute atomic E-state index is 13.6. The van der Waals surface area contributed by atoms with Crippen molar-refractivity contribution < 1.29 is 26.9 Å². The molecule has 2 aromatic carbocycles. The summed E-state index contributed by atoms with van der Waals surface area (Å²) in [6.07, 6.45) is 0.945. The summed E-state index contributed by atoms with van der Waals surface area (Å²) in [7, 11) is -2.32.